The van der Waals surface area contributed by atoms with Crippen LogP contribution in [0.15, 0.2) is 42.7 Å². The normalized spacial score (nSPS) is 16.8. The first-order chi connectivity index (χ1) is 12.8. The number of H-pyrrole nitrogens is 1. The van der Waals surface area contributed by atoms with Crippen molar-refractivity contribution in [2.45, 2.75) is 51.0 Å². The third-order valence-electron chi connectivity index (χ3n) is 5.18. The van der Waals surface area contributed by atoms with Gasteiger partial charge in [0.25, 0.3) is 0 Å². The van der Waals surface area contributed by atoms with Crippen LogP contribution in [0.3, 0.4) is 0 Å². The van der Waals surface area contributed by atoms with E-state index in [9.17, 15) is 4.79 Å². The molecular formula is C21H30N4O. The van der Waals surface area contributed by atoms with E-state index in [1.807, 2.05) is 12.4 Å². The lowest BCUT2D eigenvalue weighted by molar-refractivity contribution is -0.121. The standard InChI is InChI=1S/C21H30N4O/c26-21(12-8-9-18-15-23-24-16-18)22-17-20(19-10-4-3-5-11-19)25-13-6-1-2-7-14-25/h3-5,10-11,15-16,20H,1-2,6-9,12-14,17H2,(H,22,26)(H,23,24)/t20-/m1/s1. The predicted octanol–water partition coefficient (Wildman–Crippen LogP) is 3.47. The Morgan fingerprint density at radius 3 is 2.62 bits per heavy atom. The first-order valence-corrected chi connectivity index (χ1v) is 9.86. The lowest BCUT2D eigenvalue weighted by atomic mass is 10.0. The van der Waals surface area contributed by atoms with E-state index in [1.165, 1.54) is 31.2 Å². The fourth-order valence-corrected chi connectivity index (χ4v) is 3.71. The molecule has 0 spiro atoms. The second-order valence-corrected chi connectivity index (χ2v) is 7.14. The molecule has 0 radical (unpaired) electrons. The minimum atomic E-state index is 0.143. The third-order valence-corrected chi connectivity index (χ3v) is 5.18. The van der Waals surface area contributed by atoms with E-state index < -0.39 is 0 Å². The highest BCUT2D eigenvalue weighted by molar-refractivity contribution is 5.75. The zero-order chi connectivity index (χ0) is 18.0. The lowest BCUT2D eigenvalue weighted by Gasteiger charge is -2.31. The summed E-state index contributed by atoms with van der Waals surface area (Å²) >= 11 is 0. The summed E-state index contributed by atoms with van der Waals surface area (Å²) in [6.45, 7) is 2.93. The molecule has 2 heterocycles. The number of hydrogen-bond acceptors (Lipinski definition) is 3. The van der Waals surface area contributed by atoms with Crippen molar-refractivity contribution in [2.75, 3.05) is 19.6 Å². The maximum Gasteiger partial charge on any atom is 0.220 e. The topological polar surface area (TPSA) is 61.0 Å². The highest BCUT2D eigenvalue weighted by Crippen LogP contribution is 2.23. The molecule has 0 unspecified atom stereocenters. The molecule has 0 saturated carbocycles. The molecule has 1 aliphatic heterocycles. The highest BCUT2D eigenvalue weighted by atomic mass is 16.1. The van der Waals surface area contributed by atoms with Gasteiger partial charge in [0.05, 0.1) is 12.2 Å². The maximum absolute atomic E-state index is 12.3. The van der Waals surface area contributed by atoms with Gasteiger partial charge in [-0.1, -0.05) is 43.2 Å². The summed E-state index contributed by atoms with van der Waals surface area (Å²) in [7, 11) is 0. The number of carbonyl (C=O) groups is 1. The number of nitrogens with one attached hydrogen (secondary N) is 2. The summed E-state index contributed by atoms with van der Waals surface area (Å²) in [5.41, 5.74) is 2.46. The van der Waals surface area contributed by atoms with E-state index in [1.54, 1.807) is 0 Å². The van der Waals surface area contributed by atoms with Crippen LogP contribution in [0.25, 0.3) is 0 Å². The second-order valence-electron chi connectivity index (χ2n) is 7.14. The Morgan fingerprint density at radius 2 is 1.92 bits per heavy atom. The molecule has 2 N–H and O–H groups in total. The van der Waals surface area contributed by atoms with Gasteiger partial charge in [0, 0.05) is 19.2 Å². The Hall–Kier alpha value is -2.14. The Kier molecular flexibility index (Phi) is 7.25. The van der Waals surface area contributed by atoms with Gasteiger partial charge in [-0.25, -0.2) is 0 Å². The lowest BCUT2D eigenvalue weighted by Crippen LogP contribution is -2.38. The van der Waals surface area contributed by atoms with E-state index in [2.05, 4.69) is 50.7 Å². The van der Waals surface area contributed by atoms with Crippen molar-refractivity contribution in [2.24, 2.45) is 0 Å². The van der Waals surface area contributed by atoms with Crippen molar-refractivity contribution in [1.29, 1.82) is 0 Å². The smallest absolute Gasteiger partial charge is 0.220 e. The maximum atomic E-state index is 12.3. The van der Waals surface area contributed by atoms with Gasteiger partial charge < -0.3 is 5.32 Å². The SMILES string of the molecule is O=C(CCCc1cn[nH]c1)NC[C@H](c1ccccc1)N1CCCCCC1. The molecular weight excluding hydrogens is 324 g/mol. The Morgan fingerprint density at radius 1 is 1.15 bits per heavy atom. The zero-order valence-electron chi connectivity index (χ0n) is 15.5. The molecule has 0 aliphatic carbocycles. The minimum absolute atomic E-state index is 0.143. The van der Waals surface area contributed by atoms with Crippen molar-refractivity contribution >= 4 is 5.91 Å². The van der Waals surface area contributed by atoms with Crippen LogP contribution >= 0.6 is 0 Å². The summed E-state index contributed by atoms with van der Waals surface area (Å²) in [5.74, 6) is 0.143. The van der Waals surface area contributed by atoms with Crippen LogP contribution in [-0.4, -0.2) is 40.6 Å². The number of hydrogen-bond donors (Lipinski definition) is 2. The molecule has 140 valence electrons. The molecule has 1 amide bonds. The number of rotatable bonds is 8. The van der Waals surface area contributed by atoms with Crippen LogP contribution in [0.1, 0.15) is 55.7 Å². The number of amides is 1. The molecule has 3 rings (SSSR count). The molecule has 1 fully saturated rings. The monoisotopic (exact) mass is 354 g/mol. The number of benzene rings is 1. The van der Waals surface area contributed by atoms with Crippen LogP contribution < -0.4 is 5.32 Å². The highest BCUT2D eigenvalue weighted by Gasteiger charge is 2.21. The van der Waals surface area contributed by atoms with Crippen molar-refractivity contribution in [3.05, 3.63) is 53.9 Å². The van der Waals surface area contributed by atoms with Gasteiger partial charge in [-0.3, -0.25) is 14.8 Å². The largest absolute Gasteiger partial charge is 0.354 e. The van der Waals surface area contributed by atoms with Gasteiger partial charge in [-0.15, -0.1) is 0 Å². The molecule has 0 bridgehead atoms. The van der Waals surface area contributed by atoms with Crippen LogP contribution in [0.2, 0.25) is 0 Å². The number of likely N-dealkylation sites (tertiary alicyclic amines) is 1. The van der Waals surface area contributed by atoms with Gasteiger partial charge in [-0.2, -0.15) is 5.10 Å². The summed E-state index contributed by atoms with van der Waals surface area (Å²) < 4.78 is 0. The van der Waals surface area contributed by atoms with Crippen molar-refractivity contribution in [3.63, 3.8) is 0 Å². The van der Waals surface area contributed by atoms with Gasteiger partial charge >= 0.3 is 0 Å². The van der Waals surface area contributed by atoms with Gasteiger partial charge in [-0.05, 0) is 49.9 Å². The van der Waals surface area contributed by atoms with E-state index >= 15 is 0 Å². The summed E-state index contributed by atoms with van der Waals surface area (Å²) in [6.07, 6.45) is 11.2. The molecule has 1 aromatic heterocycles. The van der Waals surface area contributed by atoms with Crippen molar-refractivity contribution < 1.29 is 4.79 Å². The van der Waals surface area contributed by atoms with Gasteiger partial charge in [0.2, 0.25) is 5.91 Å². The third kappa shape index (κ3) is 5.70. The molecule has 5 heteroatoms. The average molecular weight is 354 g/mol. The van der Waals surface area contributed by atoms with E-state index in [0.717, 1.165) is 31.5 Å². The van der Waals surface area contributed by atoms with Crippen molar-refractivity contribution in [3.8, 4) is 0 Å². The number of aromatic amines is 1. The van der Waals surface area contributed by atoms with Crippen molar-refractivity contribution in [1.82, 2.24) is 20.4 Å². The van der Waals surface area contributed by atoms with Gasteiger partial charge in [0.15, 0.2) is 0 Å². The predicted molar refractivity (Wildman–Crippen MR) is 104 cm³/mol. The van der Waals surface area contributed by atoms with Gasteiger partial charge in [0.1, 0.15) is 0 Å². The Balaban J connectivity index is 1.52. The summed E-state index contributed by atoms with van der Waals surface area (Å²) in [4.78, 5) is 14.9. The summed E-state index contributed by atoms with van der Waals surface area (Å²) in [5, 5.41) is 9.93. The quantitative estimate of drug-likeness (QED) is 0.763. The first-order valence-electron chi connectivity index (χ1n) is 9.86. The second kappa shape index (κ2) is 10.1. The molecule has 1 aliphatic rings. The van der Waals surface area contributed by atoms with Crippen LogP contribution in [0, 0.1) is 0 Å². The zero-order valence-corrected chi connectivity index (χ0v) is 15.5. The van der Waals surface area contributed by atoms with Crippen LogP contribution in [-0.2, 0) is 11.2 Å². The van der Waals surface area contributed by atoms with Crippen LogP contribution in [0.4, 0.5) is 0 Å². The Labute approximate surface area is 156 Å². The molecule has 1 aromatic carbocycles. The molecule has 1 saturated heterocycles. The molecule has 1 atom stereocenters. The molecule has 2 aromatic rings. The van der Waals surface area contributed by atoms with Crippen LogP contribution in [0.5, 0.6) is 0 Å². The minimum Gasteiger partial charge on any atom is -0.354 e. The van der Waals surface area contributed by atoms with E-state index in [4.69, 9.17) is 0 Å². The number of carbonyl (C=O) groups excluding carboxylic acids is 1. The average Bonchev–Trinajstić information content (AvgIpc) is 3.04. The fraction of sp³-hybridized carbons (Fsp3) is 0.524. The first kappa shape index (κ1) is 18.6. The number of aromatic nitrogens is 2. The van der Waals surface area contributed by atoms with E-state index in [0.29, 0.717) is 13.0 Å². The Bertz CT molecular complexity index is 633. The molecule has 5 nitrogen and oxygen atoms in total. The molecule has 26 heavy (non-hydrogen) atoms. The summed E-state index contributed by atoms with van der Waals surface area (Å²) in [6, 6.07) is 10.9. The number of nitrogens with zero attached hydrogens (tertiary/aromatic N) is 2. The number of aryl methyl sites for hydroxylation is 1. The fourth-order valence-electron chi connectivity index (χ4n) is 3.71. The van der Waals surface area contributed by atoms with E-state index in [-0.39, 0.29) is 11.9 Å².